The summed E-state index contributed by atoms with van der Waals surface area (Å²) < 4.78 is 10.9. The molecule has 3 nitrogen and oxygen atoms in total. The molecule has 2 rings (SSSR count). The predicted molar refractivity (Wildman–Crippen MR) is 78.3 cm³/mol. The molecule has 1 saturated carbocycles. The topological polar surface area (TPSA) is 30.5 Å². The van der Waals surface area contributed by atoms with Crippen LogP contribution in [0.5, 0.6) is 11.5 Å². The van der Waals surface area contributed by atoms with Gasteiger partial charge < -0.3 is 14.8 Å². The molecular formula is C16H25NO2. The average molecular weight is 263 g/mol. The van der Waals surface area contributed by atoms with Crippen LogP contribution in [0.15, 0.2) is 12.1 Å². The number of nitrogens with one attached hydrogen (secondary N) is 1. The second kappa shape index (κ2) is 6.29. The van der Waals surface area contributed by atoms with Crippen LogP contribution in [0.4, 0.5) is 0 Å². The lowest BCUT2D eigenvalue weighted by Gasteiger charge is -2.30. The molecule has 3 heteroatoms. The van der Waals surface area contributed by atoms with Gasteiger partial charge in [-0.25, -0.2) is 0 Å². The van der Waals surface area contributed by atoms with Crippen molar-refractivity contribution in [2.24, 2.45) is 0 Å². The zero-order chi connectivity index (χ0) is 13.8. The molecule has 0 aromatic heterocycles. The average Bonchev–Trinajstić information content (AvgIpc) is 2.46. The molecule has 0 aliphatic heterocycles. The highest BCUT2D eigenvalue weighted by Gasteiger charge is 2.25. The molecule has 0 amide bonds. The quantitative estimate of drug-likeness (QED) is 0.904. The van der Waals surface area contributed by atoms with Gasteiger partial charge in [0.05, 0.1) is 14.2 Å². The number of methoxy groups -OCH3 is 2. The van der Waals surface area contributed by atoms with Gasteiger partial charge in [0.2, 0.25) is 0 Å². The van der Waals surface area contributed by atoms with Crippen molar-refractivity contribution in [3.05, 3.63) is 23.3 Å². The van der Waals surface area contributed by atoms with Crippen molar-refractivity contribution in [3.63, 3.8) is 0 Å². The zero-order valence-corrected chi connectivity index (χ0v) is 12.5. The van der Waals surface area contributed by atoms with Gasteiger partial charge >= 0.3 is 0 Å². The van der Waals surface area contributed by atoms with E-state index in [2.05, 4.69) is 25.4 Å². The third-order valence-corrected chi connectivity index (χ3v) is 4.32. The van der Waals surface area contributed by atoms with Gasteiger partial charge in [-0.1, -0.05) is 0 Å². The fourth-order valence-electron chi connectivity index (χ4n) is 3.21. The molecule has 0 radical (unpaired) electrons. The van der Waals surface area contributed by atoms with Crippen LogP contribution in [0, 0.1) is 6.92 Å². The molecule has 0 spiro atoms. The van der Waals surface area contributed by atoms with Crippen LogP contribution in [-0.4, -0.2) is 27.3 Å². The van der Waals surface area contributed by atoms with Crippen LogP contribution in [-0.2, 0) is 0 Å². The molecule has 1 aliphatic rings. The molecule has 1 N–H and O–H groups in total. The molecule has 19 heavy (non-hydrogen) atoms. The van der Waals surface area contributed by atoms with E-state index in [4.69, 9.17) is 9.47 Å². The largest absolute Gasteiger partial charge is 0.497 e. The predicted octanol–water partition coefficient (Wildman–Crippen LogP) is 3.26. The van der Waals surface area contributed by atoms with Crippen molar-refractivity contribution in [1.29, 1.82) is 0 Å². The molecule has 1 aliphatic carbocycles. The number of rotatable bonds is 4. The van der Waals surface area contributed by atoms with E-state index < -0.39 is 0 Å². The Kier molecular flexibility index (Phi) is 4.70. The van der Waals surface area contributed by atoms with Gasteiger partial charge in [-0.3, -0.25) is 0 Å². The van der Waals surface area contributed by atoms with Gasteiger partial charge in [-0.2, -0.15) is 0 Å². The smallest absolute Gasteiger partial charge is 0.126 e. The lowest BCUT2D eigenvalue weighted by atomic mass is 9.80. The minimum Gasteiger partial charge on any atom is -0.497 e. The number of hydrogen-bond donors (Lipinski definition) is 1. The molecule has 0 bridgehead atoms. The van der Waals surface area contributed by atoms with E-state index in [-0.39, 0.29) is 0 Å². The molecule has 0 heterocycles. The van der Waals surface area contributed by atoms with Crippen molar-refractivity contribution < 1.29 is 9.47 Å². The second-order valence-corrected chi connectivity index (χ2v) is 5.40. The zero-order valence-electron chi connectivity index (χ0n) is 12.5. The van der Waals surface area contributed by atoms with Crippen LogP contribution >= 0.6 is 0 Å². The minimum atomic E-state index is 0.616. The maximum Gasteiger partial charge on any atom is 0.126 e. The fraction of sp³-hybridized carbons (Fsp3) is 0.625. The van der Waals surface area contributed by atoms with E-state index in [0.29, 0.717) is 12.0 Å². The van der Waals surface area contributed by atoms with Crippen LogP contribution in [0.1, 0.15) is 42.7 Å². The van der Waals surface area contributed by atoms with Gasteiger partial charge in [-0.05, 0) is 57.2 Å². The number of benzene rings is 1. The standard InChI is InChI=1S/C16H25NO2/c1-11-9-14(18-3)10-15(19-4)16(11)12-5-7-13(17-2)8-6-12/h9-10,12-13,17H,5-8H2,1-4H3. The Morgan fingerprint density at radius 3 is 2.26 bits per heavy atom. The summed E-state index contributed by atoms with van der Waals surface area (Å²) >= 11 is 0. The van der Waals surface area contributed by atoms with Crippen LogP contribution in [0.3, 0.4) is 0 Å². The van der Waals surface area contributed by atoms with Gasteiger partial charge in [0.25, 0.3) is 0 Å². The highest BCUT2D eigenvalue weighted by atomic mass is 16.5. The first-order valence-electron chi connectivity index (χ1n) is 7.09. The molecular weight excluding hydrogens is 238 g/mol. The minimum absolute atomic E-state index is 0.616. The molecule has 106 valence electrons. The van der Waals surface area contributed by atoms with Gasteiger partial charge in [0.15, 0.2) is 0 Å². The normalized spacial score (nSPS) is 23.2. The summed E-state index contributed by atoms with van der Waals surface area (Å²) in [6.45, 7) is 2.16. The Bertz CT molecular complexity index is 423. The van der Waals surface area contributed by atoms with Crippen molar-refractivity contribution in [2.45, 2.75) is 44.6 Å². The fourth-order valence-corrected chi connectivity index (χ4v) is 3.21. The van der Waals surface area contributed by atoms with E-state index in [1.165, 1.54) is 36.8 Å². The second-order valence-electron chi connectivity index (χ2n) is 5.40. The highest BCUT2D eigenvalue weighted by molar-refractivity contribution is 5.48. The van der Waals surface area contributed by atoms with Crippen LogP contribution < -0.4 is 14.8 Å². The molecule has 0 atom stereocenters. The summed E-state index contributed by atoms with van der Waals surface area (Å²) in [5.41, 5.74) is 2.65. The molecule has 1 aromatic rings. The van der Waals surface area contributed by atoms with Crippen LogP contribution in [0.2, 0.25) is 0 Å². The van der Waals surface area contributed by atoms with Crippen molar-refractivity contribution in [3.8, 4) is 11.5 Å². The van der Waals surface area contributed by atoms with E-state index in [0.717, 1.165) is 11.5 Å². The van der Waals surface area contributed by atoms with Gasteiger partial charge in [0, 0.05) is 17.7 Å². The molecule has 1 fully saturated rings. The maximum absolute atomic E-state index is 5.58. The Morgan fingerprint density at radius 1 is 1.05 bits per heavy atom. The lowest BCUT2D eigenvalue weighted by Crippen LogP contribution is -2.29. The number of aryl methyl sites for hydroxylation is 1. The number of ether oxygens (including phenoxy) is 2. The lowest BCUT2D eigenvalue weighted by molar-refractivity contribution is 0.342. The van der Waals surface area contributed by atoms with Crippen molar-refractivity contribution in [2.75, 3.05) is 21.3 Å². The monoisotopic (exact) mass is 263 g/mol. The summed E-state index contributed by atoms with van der Waals surface area (Å²) in [4.78, 5) is 0. The molecule has 0 unspecified atom stereocenters. The third kappa shape index (κ3) is 3.03. The Balaban J connectivity index is 2.24. The summed E-state index contributed by atoms with van der Waals surface area (Å²) in [5, 5.41) is 3.39. The van der Waals surface area contributed by atoms with Crippen molar-refractivity contribution in [1.82, 2.24) is 5.32 Å². The van der Waals surface area contributed by atoms with E-state index in [9.17, 15) is 0 Å². The van der Waals surface area contributed by atoms with E-state index in [1.54, 1.807) is 14.2 Å². The summed E-state index contributed by atoms with van der Waals surface area (Å²) in [6, 6.07) is 4.80. The summed E-state index contributed by atoms with van der Waals surface area (Å²) in [5.74, 6) is 2.47. The summed E-state index contributed by atoms with van der Waals surface area (Å²) in [7, 11) is 5.51. The first kappa shape index (κ1) is 14.2. The van der Waals surface area contributed by atoms with Gasteiger partial charge in [-0.15, -0.1) is 0 Å². The Labute approximate surface area is 116 Å². The van der Waals surface area contributed by atoms with Crippen molar-refractivity contribution >= 4 is 0 Å². The third-order valence-electron chi connectivity index (χ3n) is 4.32. The Morgan fingerprint density at radius 2 is 1.74 bits per heavy atom. The van der Waals surface area contributed by atoms with Gasteiger partial charge in [0.1, 0.15) is 11.5 Å². The van der Waals surface area contributed by atoms with E-state index in [1.807, 2.05) is 6.07 Å². The molecule has 1 aromatic carbocycles. The first-order valence-corrected chi connectivity index (χ1v) is 7.09. The SMILES string of the molecule is CNC1CCC(c2c(C)cc(OC)cc2OC)CC1. The number of hydrogen-bond acceptors (Lipinski definition) is 3. The summed E-state index contributed by atoms with van der Waals surface area (Å²) in [6.07, 6.45) is 4.95. The van der Waals surface area contributed by atoms with E-state index >= 15 is 0 Å². The maximum atomic E-state index is 5.58. The first-order chi connectivity index (χ1) is 9.19. The molecule has 0 saturated heterocycles. The van der Waals surface area contributed by atoms with Crippen LogP contribution in [0.25, 0.3) is 0 Å². The highest BCUT2D eigenvalue weighted by Crippen LogP contribution is 2.41. The Hall–Kier alpha value is -1.22.